The smallest absolute Gasteiger partial charge is 0.271 e. The van der Waals surface area contributed by atoms with E-state index in [-0.39, 0.29) is 16.9 Å². The molecule has 8 heteroatoms. The number of nitro groups is 1. The Morgan fingerprint density at radius 3 is 2.55 bits per heavy atom. The SMILES string of the molecule is Cc1cccc(N2CCN(/C=C(/C#N)C(=O)Nc3cccc([N+](=O)[O-])c3)CC2)c1. The molecule has 0 aromatic heterocycles. The number of aryl methyl sites for hydroxylation is 1. The molecular weight excluding hydrogens is 370 g/mol. The van der Waals surface area contributed by atoms with E-state index in [2.05, 4.69) is 35.3 Å². The zero-order valence-corrected chi connectivity index (χ0v) is 16.0. The zero-order valence-electron chi connectivity index (χ0n) is 16.0. The first-order chi connectivity index (χ1) is 14.0. The number of rotatable bonds is 5. The first-order valence-electron chi connectivity index (χ1n) is 9.19. The summed E-state index contributed by atoms with van der Waals surface area (Å²) in [6.45, 7) is 4.99. The molecule has 0 bridgehead atoms. The molecule has 1 saturated heterocycles. The van der Waals surface area contributed by atoms with Gasteiger partial charge in [-0.25, -0.2) is 0 Å². The third kappa shape index (κ3) is 5.11. The van der Waals surface area contributed by atoms with Crippen LogP contribution in [0.4, 0.5) is 17.1 Å². The minimum atomic E-state index is -0.589. The Balaban J connectivity index is 1.63. The van der Waals surface area contributed by atoms with Crippen molar-refractivity contribution in [3.63, 3.8) is 0 Å². The summed E-state index contributed by atoms with van der Waals surface area (Å²) in [6, 6.07) is 15.8. The van der Waals surface area contributed by atoms with Crippen LogP contribution in [0.5, 0.6) is 0 Å². The summed E-state index contributed by atoms with van der Waals surface area (Å²) in [7, 11) is 0. The highest BCUT2D eigenvalue weighted by molar-refractivity contribution is 6.06. The van der Waals surface area contributed by atoms with Gasteiger partial charge in [0.05, 0.1) is 4.92 Å². The van der Waals surface area contributed by atoms with Crippen LogP contribution in [0.1, 0.15) is 5.56 Å². The molecule has 0 unspecified atom stereocenters. The van der Waals surface area contributed by atoms with Crippen molar-refractivity contribution in [2.75, 3.05) is 36.4 Å². The van der Waals surface area contributed by atoms with Gasteiger partial charge in [-0.2, -0.15) is 5.26 Å². The van der Waals surface area contributed by atoms with Gasteiger partial charge in [-0.15, -0.1) is 0 Å². The number of amides is 1. The van der Waals surface area contributed by atoms with E-state index in [9.17, 15) is 20.2 Å². The van der Waals surface area contributed by atoms with Gasteiger partial charge in [0.25, 0.3) is 11.6 Å². The van der Waals surface area contributed by atoms with Crippen LogP contribution in [0.15, 0.2) is 60.3 Å². The maximum atomic E-state index is 12.4. The van der Waals surface area contributed by atoms with Gasteiger partial charge >= 0.3 is 0 Å². The summed E-state index contributed by atoms with van der Waals surface area (Å²) < 4.78 is 0. The Morgan fingerprint density at radius 1 is 1.17 bits per heavy atom. The number of carbonyl (C=O) groups is 1. The molecule has 0 spiro atoms. The number of piperazine rings is 1. The Kier molecular flexibility index (Phi) is 6.09. The predicted molar refractivity (Wildman–Crippen MR) is 110 cm³/mol. The minimum absolute atomic E-state index is 0.0412. The third-order valence-corrected chi connectivity index (χ3v) is 4.67. The molecule has 1 aliphatic rings. The molecule has 2 aromatic rings. The van der Waals surface area contributed by atoms with E-state index in [4.69, 9.17) is 0 Å². The van der Waals surface area contributed by atoms with Crippen molar-refractivity contribution in [3.05, 3.63) is 76.0 Å². The molecule has 1 aliphatic heterocycles. The number of non-ortho nitro benzene ring substituents is 1. The topological polar surface area (TPSA) is 103 Å². The summed E-state index contributed by atoms with van der Waals surface area (Å²) in [5.74, 6) is -0.589. The Morgan fingerprint density at radius 2 is 1.90 bits per heavy atom. The molecule has 1 fully saturated rings. The van der Waals surface area contributed by atoms with Crippen molar-refractivity contribution < 1.29 is 9.72 Å². The summed E-state index contributed by atoms with van der Waals surface area (Å²) in [6.07, 6.45) is 1.56. The van der Waals surface area contributed by atoms with Gasteiger partial charge < -0.3 is 15.1 Å². The fourth-order valence-corrected chi connectivity index (χ4v) is 3.15. The Hall–Kier alpha value is -3.86. The molecule has 1 heterocycles. The molecule has 0 aliphatic carbocycles. The highest BCUT2D eigenvalue weighted by Crippen LogP contribution is 2.19. The second-order valence-electron chi connectivity index (χ2n) is 6.78. The lowest BCUT2D eigenvalue weighted by atomic mass is 10.2. The minimum Gasteiger partial charge on any atom is -0.373 e. The number of nitriles is 1. The largest absolute Gasteiger partial charge is 0.373 e. The molecule has 2 aromatic carbocycles. The van der Waals surface area contributed by atoms with Crippen molar-refractivity contribution in [1.82, 2.24) is 4.90 Å². The number of anilines is 2. The van der Waals surface area contributed by atoms with Crippen molar-refractivity contribution in [2.45, 2.75) is 6.92 Å². The normalized spacial score (nSPS) is 14.3. The van der Waals surface area contributed by atoms with Gasteiger partial charge in [0.2, 0.25) is 0 Å². The molecule has 0 atom stereocenters. The zero-order chi connectivity index (χ0) is 20.8. The van der Waals surface area contributed by atoms with Gasteiger partial charge in [-0.1, -0.05) is 18.2 Å². The number of nitrogens with zero attached hydrogens (tertiary/aromatic N) is 4. The fraction of sp³-hybridized carbons (Fsp3) is 0.238. The monoisotopic (exact) mass is 391 g/mol. The second-order valence-corrected chi connectivity index (χ2v) is 6.78. The lowest BCUT2D eigenvalue weighted by molar-refractivity contribution is -0.384. The van der Waals surface area contributed by atoms with Crippen LogP contribution >= 0.6 is 0 Å². The highest BCUT2D eigenvalue weighted by atomic mass is 16.6. The summed E-state index contributed by atoms with van der Waals surface area (Å²) >= 11 is 0. The van der Waals surface area contributed by atoms with Gasteiger partial charge in [-0.05, 0) is 30.7 Å². The van der Waals surface area contributed by atoms with Gasteiger partial charge in [0.15, 0.2) is 0 Å². The quantitative estimate of drug-likeness (QED) is 0.364. The van der Waals surface area contributed by atoms with Crippen LogP contribution in [0, 0.1) is 28.4 Å². The lowest BCUT2D eigenvalue weighted by Crippen LogP contribution is -2.44. The molecule has 1 N–H and O–H groups in total. The van der Waals surface area contributed by atoms with Crippen LogP contribution in [0.2, 0.25) is 0 Å². The first kappa shape index (κ1) is 19.9. The predicted octanol–water partition coefficient (Wildman–Crippen LogP) is 3.07. The number of nitrogens with one attached hydrogen (secondary N) is 1. The van der Waals surface area contributed by atoms with Crippen LogP contribution in [-0.4, -0.2) is 41.9 Å². The van der Waals surface area contributed by atoms with Crippen LogP contribution in [0.3, 0.4) is 0 Å². The van der Waals surface area contributed by atoms with E-state index in [1.54, 1.807) is 12.3 Å². The van der Waals surface area contributed by atoms with Crippen molar-refractivity contribution in [2.24, 2.45) is 0 Å². The first-order valence-corrected chi connectivity index (χ1v) is 9.19. The third-order valence-electron chi connectivity index (χ3n) is 4.67. The van der Waals surface area contributed by atoms with Crippen LogP contribution in [0.25, 0.3) is 0 Å². The number of benzene rings is 2. The maximum absolute atomic E-state index is 12.4. The fourth-order valence-electron chi connectivity index (χ4n) is 3.15. The number of nitro benzene ring substituents is 1. The molecule has 29 heavy (non-hydrogen) atoms. The van der Waals surface area contributed by atoms with Crippen molar-refractivity contribution in [1.29, 1.82) is 5.26 Å². The maximum Gasteiger partial charge on any atom is 0.271 e. The van der Waals surface area contributed by atoms with Crippen molar-refractivity contribution >= 4 is 23.0 Å². The average molecular weight is 391 g/mol. The molecule has 3 rings (SSSR count). The average Bonchev–Trinajstić information content (AvgIpc) is 2.72. The molecule has 1 amide bonds. The second kappa shape index (κ2) is 8.89. The number of hydrogen-bond donors (Lipinski definition) is 1. The van der Waals surface area contributed by atoms with Gasteiger partial charge in [0.1, 0.15) is 11.6 Å². The van der Waals surface area contributed by atoms with Crippen LogP contribution in [-0.2, 0) is 4.79 Å². The summed E-state index contributed by atoms with van der Waals surface area (Å²) in [5.41, 5.74) is 2.47. The molecule has 0 radical (unpaired) electrons. The number of carbonyl (C=O) groups excluding carboxylic acids is 1. The standard InChI is InChI=1S/C21H21N5O3/c1-16-4-2-6-19(12-16)25-10-8-24(9-11-25)15-17(14-22)21(27)23-18-5-3-7-20(13-18)26(28)29/h2-7,12-13,15H,8-11H2,1H3,(H,23,27)/b17-15-. The highest BCUT2D eigenvalue weighted by Gasteiger charge is 2.18. The van der Waals surface area contributed by atoms with E-state index in [0.717, 1.165) is 18.8 Å². The van der Waals surface area contributed by atoms with E-state index < -0.39 is 10.8 Å². The summed E-state index contributed by atoms with van der Waals surface area (Å²) in [5, 5.41) is 22.8. The van der Waals surface area contributed by atoms with Crippen molar-refractivity contribution in [3.8, 4) is 6.07 Å². The van der Waals surface area contributed by atoms with E-state index >= 15 is 0 Å². The molecule has 0 saturated carbocycles. The van der Waals surface area contributed by atoms with E-state index in [0.29, 0.717) is 13.1 Å². The van der Waals surface area contributed by atoms with Gasteiger partial charge in [0, 0.05) is 55.9 Å². The van der Waals surface area contributed by atoms with E-state index in [1.165, 1.54) is 23.8 Å². The Labute approximate surface area is 168 Å². The molecular formula is C21H21N5O3. The molecule has 8 nitrogen and oxygen atoms in total. The summed E-state index contributed by atoms with van der Waals surface area (Å²) in [4.78, 5) is 26.9. The molecule has 148 valence electrons. The Bertz CT molecular complexity index is 988. The van der Waals surface area contributed by atoms with Crippen LogP contribution < -0.4 is 10.2 Å². The number of hydrogen-bond acceptors (Lipinski definition) is 6. The van der Waals surface area contributed by atoms with Gasteiger partial charge in [-0.3, -0.25) is 14.9 Å². The van der Waals surface area contributed by atoms with E-state index in [1.807, 2.05) is 17.0 Å². The lowest BCUT2D eigenvalue weighted by Gasteiger charge is -2.35.